The maximum absolute atomic E-state index is 12.7. The zero-order valence-electron chi connectivity index (χ0n) is 21.2. The first-order chi connectivity index (χ1) is 18.5. The Bertz CT molecular complexity index is 1270. The van der Waals surface area contributed by atoms with E-state index in [0.29, 0.717) is 54.2 Å². The van der Waals surface area contributed by atoms with Crippen molar-refractivity contribution in [1.29, 1.82) is 0 Å². The average molecular weight is 536 g/mol. The highest BCUT2D eigenvalue weighted by Crippen LogP contribution is 2.27. The van der Waals surface area contributed by atoms with Crippen LogP contribution in [0.4, 0.5) is 33.6 Å². The summed E-state index contributed by atoms with van der Waals surface area (Å²) in [5.41, 5.74) is 3.30. The van der Waals surface area contributed by atoms with Crippen LogP contribution in [0.25, 0.3) is 0 Å². The fourth-order valence-electron chi connectivity index (χ4n) is 4.46. The van der Waals surface area contributed by atoms with Crippen LogP contribution in [-0.4, -0.2) is 79.2 Å². The number of aromatic nitrogens is 2. The highest BCUT2D eigenvalue weighted by molar-refractivity contribution is 6.32. The first kappa shape index (κ1) is 25.7. The summed E-state index contributed by atoms with van der Waals surface area (Å²) >= 11 is 6.45. The van der Waals surface area contributed by atoms with Crippen LogP contribution in [0.1, 0.15) is 17.3 Å². The minimum absolute atomic E-state index is 0.0116. The molecule has 1 aromatic heterocycles. The van der Waals surface area contributed by atoms with Crippen LogP contribution < -0.4 is 20.4 Å². The minimum atomic E-state index is -0.183. The van der Waals surface area contributed by atoms with Crippen molar-refractivity contribution >= 4 is 52.2 Å². The van der Waals surface area contributed by atoms with Gasteiger partial charge in [-0.2, -0.15) is 4.98 Å². The number of halogens is 1. The third-order valence-corrected chi connectivity index (χ3v) is 6.90. The topological polar surface area (TPSA) is 103 Å². The number of amides is 2. The van der Waals surface area contributed by atoms with Crippen LogP contribution in [0, 0.1) is 0 Å². The summed E-state index contributed by atoms with van der Waals surface area (Å²) in [6.07, 6.45) is 1.60. The second-order valence-corrected chi connectivity index (χ2v) is 9.58. The molecule has 0 bridgehead atoms. The molecule has 2 aliphatic rings. The summed E-state index contributed by atoms with van der Waals surface area (Å²) in [7, 11) is 0. The smallest absolute Gasteiger partial charge is 0.321 e. The van der Waals surface area contributed by atoms with Gasteiger partial charge in [0.15, 0.2) is 11.6 Å². The number of rotatable bonds is 6. The molecule has 0 radical (unpaired) electrons. The number of urea groups is 1. The molecule has 2 N–H and O–H groups in total. The van der Waals surface area contributed by atoms with Gasteiger partial charge in [-0.25, -0.2) is 9.78 Å². The number of nitrogens with zero attached hydrogens (tertiary/aromatic N) is 5. The Kier molecular flexibility index (Phi) is 7.90. The second-order valence-electron chi connectivity index (χ2n) is 9.17. The lowest BCUT2D eigenvalue weighted by molar-refractivity contribution is 0.101. The van der Waals surface area contributed by atoms with Crippen molar-refractivity contribution in [1.82, 2.24) is 14.9 Å². The van der Waals surface area contributed by atoms with Gasteiger partial charge in [0.2, 0.25) is 5.95 Å². The third-order valence-electron chi connectivity index (χ3n) is 6.63. The Morgan fingerprint density at radius 3 is 2.18 bits per heavy atom. The van der Waals surface area contributed by atoms with Gasteiger partial charge in [-0.15, -0.1) is 0 Å². The van der Waals surface area contributed by atoms with Crippen LogP contribution in [-0.2, 0) is 4.74 Å². The summed E-state index contributed by atoms with van der Waals surface area (Å²) in [4.78, 5) is 39.3. The number of benzene rings is 2. The quantitative estimate of drug-likeness (QED) is 0.451. The maximum atomic E-state index is 12.7. The van der Waals surface area contributed by atoms with Gasteiger partial charge >= 0.3 is 6.03 Å². The lowest BCUT2D eigenvalue weighted by Gasteiger charge is -2.35. The monoisotopic (exact) mass is 535 g/mol. The standard InChI is InChI=1S/C27H30ClN7O3/c1-19(36)20-2-4-22(5-3-20)31-27(37)35-12-10-34(11-13-35)25-24(28)18-29-26(32-25)30-21-6-8-23(9-7-21)33-14-16-38-17-15-33/h2-9,18H,10-17H2,1H3,(H,31,37)(H,29,30,32). The highest BCUT2D eigenvalue weighted by atomic mass is 35.5. The van der Waals surface area contributed by atoms with Crippen molar-refractivity contribution in [2.75, 3.05) is 72.9 Å². The molecule has 0 spiro atoms. The first-order valence-electron chi connectivity index (χ1n) is 12.6. The first-order valence-corrected chi connectivity index (χ1v) is 13.0. The summed E-state index contributed by atoms with van der Waals surface area (Å²) in [5, 5.41) is 6.61. The van der Waals surface area contributed by atoms with E-state index in [9.17, 15) is 9.59 Å². The fourth-order valence-corrected chi connectivity index (χ4v) is 4.67. The molecule has 0 saturated carbocycles. The van der Waals surface area contributed by atoms with Crippen LogP contribution in [0.2, 0.25) is 5.02 Å². The number of ether oxygens (including phenoxy) is 1. The van der Waals surface area contributed by atoms with E-state index < -0.39 is 0 Å². The Morgan fingerprint density at radius 2 is 1.53 bits per heavy atom. The van der Waals surface area contributed by atoms with Gasteiger partial charge in [-0.3, -0.25) is 4.79 Å². The normalized spacial score (nSPS) is 15.8. The van der Waals surface area contributed by atoms with E-state index in [0.717, 1.165) is 37.7 Å². The van der Waals surface area contributed by atoms with Crippen molar-refractivity contribution in [3.63, 3.8) is 0 Å². The molecule has 2 aromatic carbocycles. The van der Waals surface area contributed by atoms with E-state index in [-0.39, 0.29) is 11.8 Å². The zero-order chi connectivity index (χ0) is 26.5. The molecule has 0 aliphatic carbocycles. The molecule has 2 aliphatic heterocycles. The van der Waals surface area contributed by atoms with Gasteiger partial charge in [-0.05, 0) is 55.5 Å². The second kappa shape index (κ2) is 11.7. The molecule has 198 valence electrons. The fraction of sp³-hybridized carbons (Fsp3) is 0.333. The molecule has 2 saturated heterocycles. The Morgan fingerprint density at radius 1 is 0.868 bits per heavy atom. The molecule has 10 nitrogen and oxygen atoms in total. The number of piperazine rings is 1. The van der Waals surface area contributed by atoms with Gasteiger partial charge in [-0.1, -0.05) is 11.6 Å². The number of nitrogens with one attached hydrogen (secondary N) is 2. The van der Waals surface area contributed by atoms with Gasteiger partial charge in [0.1, 0.15) is 5.02 Å². The number of Topliss-reactive ketones (excluding diaryl/α,β-unsaturated/α-hetero) is 1. The SMILES string of the molecule is CC(=O)c1ccc(NC(=O)N2CCN(c3nc(Nc4ccc(N5CCOCC5)cc4)ncc3Cl)CC2)cc1. The molecule has 2 amide bonds. The third kappa shape index (κ3) is 6.15. The Balaban J connectivity index is 1.17. The number of morpholine rings is 1. The number of carbonyl (C=O) groups is 2. The van der Waals surface area contributed by atoms with E-state index in [2.05, 4.69) is 42.5 Å². The van der Waals surface area contributed by atoms with Crippen LogP contribution in [0.5, 0.6) is 0 Å². The number of ketones is 1. The molecule has 0 unspecified atom stereocenters. The van der Waals surface area contributed by atoms with E-state index in [1.54, 1.807) is 35.4 Å². The number of hydrogen-bond acceptors (Lipinski definition) is 8. The van der Waals surface area contributed by atoms with Gasteiger partial charge in [0.25, 0.3) is 0 Å². The van der Waals surface area contributed by atoms with Gasteiger partial charge in [0.05, 0.1) is 19.4 Å². The lowest BCUT2D eigenvalue weighted by atomic mass is 10.1. The maximum Gasteiger partial charge on any atom is 0.321 e. The molecule has 3 heterocycles. The van der Waals surface area contributed by atoms with Crippen molar-refractivity contribution in [2.45, 2.75) is 6.92 Å². The van der Waals surface area contributed by atoms with Crippen LogP contribution >= 0.6 is 11.6 Å². The predicted octanol–water partition coefficient (Wildman–Crippen LogP) is 4.27. The van der Waals surface area contributed by atoms with Crippen LogP contribution in [0.15, 0.2) is 54.7 Å². The van der Waals surface area contributed by atoms with E-state index in [1.165, 1.54) is 6.92 Å². The number of carbonyl (C=O) groups excluding carboxylic acids is 2. The summed E-state index contributed by atoms with van der Waals surface area (Å²) in [6.45, 7) is 6.99. The summed E-state index contributed by atoms with van der Waals surface area (Å²) in [5.74, 6) is 1.08. The van der Waals surface area contributed by atoms with Gasteiger partial charge < -0.3 is 30.1 Å². The molecule has 11 heteroatoms. The molecule has 38 heavy (non-hydrogen) atoms. The summed E-state index contributed by atoms with van der Waals surface area (Å²) < 4.78 is 5.43. The minimum Gasteiger partial charge on any atom is -0.378 e. The largest absolute Gasteiger partial charge is 0.378 e. The van der Waals surface area contributed by atoms with E-state index in [4.69, 9.17) is 16.3 Å². The molecular formula is C27H30ClN7O3. The van der Waals surface area contributed by atoms with Crippen molar-refractivity contribution in [3.05, 3.63) is 65.3 Å². The van der Waals surface area contributed by atoms with Crippen molar-refractivity contribution < 1.29 is 14.3 Å². The Labute approximate surface area is 226 Å². The molecule has 2 fully saturated rings. The lowest BCUT2D eigenvalue weighted by Crippen LogP contribution is -2.50. The predicted molar refractivity (Wildman–Crippen MR) is 149 cm³/mol. The molecule has 5 rings (SSSR count). The molecule has 3 aromatic rings. The highest BCUT2D eigenvalue weighted by Gasteiger charge is 2.24. The van der Waals surface area contributed by atoms with Crippen molar-refractivity contribution in [3.8, 4) is 0 Å². The molecular weight excluding hydrogens is 506 g/mol. The van der Waals surface area contributed by atoms with Gasteiger partial charge in [0, 0.05) is 61.9 Å². The van der Waals surface area contributed by atoms with E-state index in [1.807, 2.05) is 12.1 Å². The summed E-state index contributed by atoms with van der Waals surface area (Å²) in [6, 6.07) is 14.9. The number of hydrogen-bond donors (Lipinski definition) is 2. The average Bonchev–Trinajstić information content (AvgIpc) is 2.95. The Hall–Kier alpha value is -3.89. The van der Waals surface area contributed by atoms with Crippen molar-refractivity contribution in [2.24, 2.45) is 0 Å². The molecule has 0 atom stereocenters. The zero-order valence-corrected chi connectivity index (χ0v) is 21.9. The van der Waals surface area contributed by atoms with Crippen LogP contribution in [0.3, 0.4) is 0 Å². The number of anilines is 5. The van der Waals surface area contributed by atoms with E-state index >= 15 is 0 Å².